The molecule has 0 aromatic heterocycles. The maximum atomic E-state index is 11.9. The molecule has 0 aliphatic carbocycles. The second-order valence-electron chi connectivity index (χ2n) is 5.54. The smallest absolute Gasteiger partial charge is 0.248 e. The molecule has 9 nitrogen and oxygen atoms in total. The lowest BCUT2D eigenvalue weighted by atomic mass is 9.99. The fourth-order valence-electron chi connectivity index (χ4n) is 2.56. The predicted molar refractivity (Wildman–Crippen MR) is 95.8 cm³/mol. The van der Waals surface area contributed by atoms with Crippen molar-refractivity contribution in [3.05, 3.63) is 17.7 Å². The van der Waals surface area contributed by atoms with Crippen molar-refractivity contribution in [2.45, 2.75) is 19.8 Å². The van der Waals surface area contributed by atoms with Gasteiger partial charge in [0.1, 0.15) is 0 Å². The van der Waals surface area contributed by atoms with Gasteiger partial charge in [0.2, 0.25) is 17.6 Å². The van der Waals surface area contributed by atoms with Crippen LogP contribution in [0.2, 0.25) is 0 Å². The van der Waals surface area contributed by atoms with Crippen molar-refractivity contribution in [2.75, 3.05) is 21.3 Å². The van der Waals surface area contributed by atoms with Crippen molar-refractivity contribution >= 4 is 23.7 Å². The summed E-state index contributed by atoms with van der Waals surface area (Å²) in [4.78, 5) is 23.5. The van der Waals surface area contributed by atoms with Crippen LogP contribution >= 0.6 is 0 Å². The number of hydrazone groups is 2. The van der Waals surface area contributed by atoms with Gasteiger partial charge in [-0.2, -0.15) is 10.2 Å². The van der Waals surface area contributed by atoms with E-state index in [0.29, 0.717) is 34.9 Å². The van der Waals surface area contributed by atoms with Crippen LogP contribution in [-0.4, -0.2) is 45.1 Å². The van der Waals surface area contributed by atoms with Crippen LogP contribution < -0.4 is 25.1 Å². The largest absolute Gasteiger partial charge is 0.493 e. The molecule has 140 valence electrons. The third-order valence-corrected chi connectivity index (χ3v) is 3.95. The van der Waals surface area contributed by atoms with E-state index >= 15 is 0 Å². The SMILES string of the molecule is COc1ccc(/C=N\NC(=O)CC[C@H]2C(=O)NN=C2C)c(OC)c1OC. The fourth-order valence-corrected chi connectivity index (χ4v) is 2.56. The lowest BCUT2D eigenvalue weighted by Crippen LogP contribution is -2.25. The highest BCUT2D eigenvalue weighted by atomic mass is 16.5. The van der Waals surface area contributed by atoms with E-state index in [1.54, 1.807) is 19.1 Å². The van der Waals surface area contributed by atoms with E-state index in [2.05, 4.69) is 21.1 Å². The van der Waals surface area contributed by atoms with Crippen molar-refractivity contribution in [3.8, 4) is 17.2 Å². The van der Waals surface area contributed by atoms with Gasteiger partial charge in [-0.1, -0.05) is 0 Å². The third-order valence-electron chi connectivity index (χ3n) is 3.95. The van der Waals surface area contributed by atoms with Gasteiger partial charge in [-0.25, -0.2) is 10.9 Å². The van der Waals surface area contributed by atoms with Gasteiger partial charge in [0, 0.05) is 17.7 Å². The minimum absolute atomic E-state index is 0.158. The second kappa shape index (κ2) is 8.84. The van der Waals surface area contributed by atoms with Crippen molar-refractivity contribution in [1.29, 1.82) is 0 Å². The summed E-state index contributed by atoms with van der Waals surface area (Å²) in [6.45, 7) is 1.75. The average molecular weight is 362 g/mol. The van der Waals surface area contributed by atoms with Gasteiger partial charge in [0.15, 0.2) is 11.5 Å². The Morgan fingerprint density at radius 3 is 2.58 bits per heavy atom. The summed E-state index contributed by atoms with van der Waals surface area (Å²) < 4.78 is 15.8. The van der Waals surface area contributed by atoms with Gasteiger partial charge in [0.05, 0.1) is 33.5 Å². The number of carbonyl (C=O) groups is 2. The molecule has 0 radical (unpaired) electrons. The Bertz CT molecular complexity index is 745. The van der Waals surface area contributed by atoms with Crippen molar-refractivity contribution in [2.24, 2.45) is 16.1 Å². The van der Waals surface area contributed by atoms with Crippen LogP contribution in [-0.2, 0) is 9.59 Å². The molecule has 0 spiro atoms. The number of hydrogen-bond acceptors (Lipinski definition) is 7. The quantitative estimate of drug-likeness (QED) is 0.531. The van der Waals surface area contributed by atoms with Crippen LogP contribution in [0.3, 0.4) is 0 Å². The molecule has 0 unspecified atom stereocenters. The van der Waals surface area contributed by atoms with Crippen molar-refractivity contribution < 1.29 is 23.8 Å². The summed E-state index contributed by atoms with van der Waals surface area (Å²) in [6.07, 6.45) is 1.99. The van der Waals surface area contributed by atoms with Gasteiger partial charge < -0.3 is 14.2 Å². The summed E-state index contributed by atoms with van der Waals surface area (Å²) >= 11 is 0. The Kier molecular flexibility index (Phi) is 6.54. The Balaban J connectivity index is 1.96. The Morgan fingerprint density at radius 2 is 2.00 bits per heavy atom. The topological polar surface area (TPSA) is 111 Å². The number of rotatable bonds is 8. The fraction of sp³-hybridized carbons (Fsp3) is 0.412. The molecule has 1 aliphatic rings. The lowest BCUT2D eigenvalue weighted by molar-refractivity contribution is -0.123. The van der Waals surface area contributed by atoms with Gasteiger partial charge in [-0.15, -0.1) is 0 Å². The molecule has 2 N–H and O–H groups in total. The van der Waals surface area contributed by atoms with E-state index in [1.165, 1.54) is 27.5 Å². The number of nitrogens with one attached hydrogen (secondary N) is 2. The molecule has 1 aromatic rings. The highest BCUT2D eigenvalue weighted by Crippen LogP contribution is 2.38. The van der Waals surface area contributed by atoms with Gasteiger partial charge in [0.25, 0.3) is 0 Å². The van der Waals surface area contributed by atoms with Gasteiger partial charge in [-0.05, 0) is 25.5 Å². The number of methoxy groups -OCH3 is 3. The molecule has 1 aromatic carbocycles. The van der Waals surface area contributed by atoms with Crippen LogP contribution in [0.1, 0.15) is 25.3 Å². The number of amides is 2. The number of nitrogens with zero attached hydrogens (tertiary/aromatic N) is 2. The minimum atomic E-state index is -0.365. The van der Waals surface area contributed by atoms with Gasteiger partial charge >= 0.3 is 0 Å². The summed E-state index contributed by atoms with van der Waals surface area (Å²) in [7, 11) is 4.54. The summed E-state index contributed by atoms with van der Waals surface area (Å²) in [6, 6.07) is 3.45. The number of carbonyl (C=O) groups excluding carboxylic acids is 2. The molecule has 26 heavy (non-hydrogen) atoms. The molecule has 0 fully saturated rings. The molecule has 9 heteroatoms. The van der Waals surface area contributed by atoms with E-state index in [-0.39, 0.29) is 24.2 Å². The highest BCUT2D eigenvalue weighted by molar-refractivity contribution is 6.07. The van der Waals surface area contributed by atoms with Crippen LogP contribution in [0.5, 0.6) is 17.2 Å². The number of ether oxygens (including phenoxy) is 3. The van der Waals surface area contributed by atoms with E-state index in [1.807, 2.05) is 0 Å². The van der Waals surface area contributed by atoms with Crippen molar-refractivity contribution in [3.63, 3.8) is 0 Å². The normalized spacial score (nSPS) is 16.2. The zero-order valence-corrected chi connectivity index (χ0v) is 15.2. The molecular weight excluding hydrogens is 340 g/mol. The van der Waals surface area contributed by atoms with E-state index < -0.39 is 0 Å². The lowest BCUT2D eigenvalue weighted by Gasteiger charge is -2.13. The predicted octanol–water partition coefficient (Wildman–Crippen LogP) is 1.06. The van der Waals surface area contributed by atoms with Crippen LogP contribution in [0.25, 0.3) is 0 Å². The average Bonchev–Trinajstić information content (AvgIpc) is 2.97. The summed E-state index contributed by atoms with van der Waals surface area (Å²) in [5, 5.41) is 7.78. The van der Waals surface area contributed by atoms with Crippen LogP contribution in [0.15, 0.2) is 22.3 Å². The first-order valence-electron chi connectivity index (χ1n) is 7.96. The molecule has 1 atom stereocenters. The molecule has 0 saturated carbocycles. The standard InChI is InChI=1S/C17H22N4O5/c1-10-12(17(23)21-19-10)6-8-14(22)20-18-9-11-5-7-13(24-2)16(26-4)15(11)25-3/h5,7,9,12H,6,8H2,1-4H3,(H,20,22)(H,21,23)/b18-9-/t12-/m1/s1. The first-order valence-corrected chi connectivity index (χ1v) is 7.96. The monoisotopic (exact) mass is 362 g/mol. The molecule has 1 heterocycles. The Morgan fingerprint density at radius 1 is 1.27 bits per heavy atom. The van der Waals surface area contributed by atoms with E-state index in [9.17, 15) is 9.59 Å². The Hall–Kier alpha value is -3.10. The molecule has 0 saturated heterocycles. The third kappa shape index (κ3) is 4.29. The number of hydrogen-bond donors (Lipinski definition) is 2. The zero-order chi connectivity index (χ0) is 19.1. The summed E-state index contributed by atoms with van der Waals surface area (Å²) in [5.41, 5.74) is 6.12. The maximum absolute atomic E-state index is 11.9. The maximum Gasteiger partial charge on any atom is 0.248 e. The summed E-state index contributed by atoms with van der Waals surface area (Å²) in [5.74, 6) is 0.557. The minimum Gasteiger partial charge on any atom is -0.493 e. The van der Waals surface area contributed by atoms with Crippen molar-refractivity contribution in [1.82, 2.24) is 10.9 Å². The molecular formula is C17H22N4O5. The highest BCUT2D eigenvalue weighted by Gasteiger charge is 2.27. The molecule has 2 rings (SSSR count). The first-order chi connectivity index (χ1) is 12.5. The van der Waals surface area contributed by atoms with Gasteiger partial charge in [-0.3, -0.25) is 9.59 Å². The Labute approximate surface area is 151 Å². The molecule has 2 amide bonds. The first kappa shape index (κ1) is 19.2. The van der Waals surface area contributed by atoms with Crippen LogP contribution in [0.4, 0.5) is 0 Å². The van der Waals surface area contributed by atoms with Crippen LogP contribution in [0, 0.1) is 5.92 Å². The van der Waals surface area contributed by atoms with E-state index in [4.69, 9.17) is 14.2 Å². The number of benzene rings is 1. The zero-order valence-electron chi connectivity index (χ0n) is 15.2. The molecule has 0 bridgehead atoms. The molecule has 1 aliphatic heterocycles. The second-order valence-corrected chi connectivity index (χ2v) is 5.54. The van der Waals surface area contributed by atoms with E-state index in [0.717, 1.165) is 0 Å².